The van der Waals surface area contributed by atoms with Crippen molar-refractivity contribution in [2.75, 3.05) is 27.7 Å². The quantitative estimate of drug-likeness (QED) is 0.790. The van der Waals surface area contributed by atoms with E-state index in [1.54, 1.807) is 7.11 Å². The Bertz CT molecular complexity index is 363. The highest BCUT2D eigenvalue weighted by atomic mass is 16.5. The van der Waals surface area contributed by atoms with Gasteiger partial charge in [-0.3, -0.25) is 0 Å². The Kier molecular flexibility index (Phi) is 4.28. The Morgan fingerprint density at radius 2 is 1.72 bits per heavy atom. The van der Waals surface area contributed by atoms with Crippen LogP contribution in [0.2, 0.25) is 0 Å². The van der Waals surface area contributed by atoms with Gasteiger partial charge in [-0.2, -0.15) is 0 Å². The van der Waals surface area contributed by atoms with Crippen molar-refractivity contribution in [3.8, 4) is 5.75 Å². The monoisotopic (exact) mass is 247 g/mol. The Balaban J connectivity index is 2.17. The molecular weight excluding hydrogens is 222 g/mol. The maximum Gasteiger partial charge on any atom is 0.118 e. The summed E-state index contributed by atoms with van der Waals surface area (Å²) in [4.78, 5) is 2.30. The minimum atomic E-state index is 0.413. The SMILES string of the molecule is COc1ccc(C2(CCN(C)C)CCCC2)cc1. The van der Waals surface area contributed by atoms with E-state index < -0.39 is 0 Å². The smallest absolute Gasteiger partial charge is 0.118 e. The molecule has 1 aliphatic rings. The van der Waals surface area contributed by atoms with E-state index in [1.165, 1.54) is 44.2 Å². The molecule has 18 heavy (non-hydrogen) atoms. The van der Waals surface area contributed by atoms with Gasteiger partial charge in [0.2, 0.25) is 0 Å². The van der Waals surface area contributed by atoms with Gasteiger partial charge in [0.15, 0.2) is 0 Å². The van der Waals surface area contributed by atoms with Gasteiger partial charge in [0, 0.05) is 0 Å². The maximum absolute atomic E-state index is 5.25. The second-order valence-electron chi connectivity index (χ2n) is 5.77. The molecule has 2 nitrogen and oxygen atoms in total. The third kappa shape index (κ3) is 2.86. The van der Waals surface area contributed by atoms with Crippen LogP contribution in [0.15, 0.2) is 24.3 Å². The largest absolute Gasteiger partial charge is 0.497 e. The molecular formula is C16H25NO. The van der Waals surface area contributed by atoms with Gasteiger partial charge in [-0.15, -0.1) is 0 Å². The highest BCUT2D eigenvalue weighted by molar-refractivity contribution is 5.33. The summed E-state index contributed by atoms with van der Waals surface area (Å²) >= 11 is 0. The van der Waals surface area contributed by atoms with Crippen LogP contribution in [-0.2, 0) is 5.41 Å². The van der Waals surface area contributed by atoms with Crippen LogP contribution in [0.1, 0.15) is 37.7 Å². The number of hydrogen-bond donors (Lipinski definition) is 0. The predicted octanol–water partition coefficient (Wildman–Crippen LogP) is 3.46. The lowest BCUT2D eigenvalue weighted by molar-refractivity contribution is 0.315. The van der Waals surface area contributed by atoms with E-state index in [1.807, 2.05) is 0 Å². The molecule has 1 aromatic carbocycles. The second-order valence-corrected chi connectivity index (χ2v) is 5.77. The average molecular weight is 247 g/mol. The third-order valence-electron chi connectivity index (χ3n) is 4.30. The molecule has 0 saturated heterocycles. The van der Waals surface area contributed by atoms with Crippen LogP contribution < -0.4 is 4.74 Å². The standard InChI is InChI=1S/C16H25NO/c1-17(2)13-12-16(10-4-5-11-16)14-6-8-15(18-3)9-7-14/h6-9H,4-5,10-13H2,1-3H3. The zero-order valence-electron chi connectivity index (χ0n) is 11.9. The maximum atomic E-state index is 5.25. The summed E-state index contributed by atoms with van der Waals surface area (Å²) in [5.74, 6) is 0.958. The molecule has 0 aliphatic heterocycles. The molecule has 0 radical (unpaired) electrons. The van der Waals surface area contributed by atoms with E-state index in [0.29, 0.717) is 5.41 Å². The second kappa shape index (κ2) is 5.75. The summed E-state index contributed by atoms with van der Waals surface area (Å²) in [5.41, 5.74) is 1.92. The first kappa shape index (κ1) is 13.4. The molecule has 2 rings (SSSR count). The Morgan fingerprint density at radius 3 is 2.22 bits per heavy atom. The van der Waals surface area contributed by atoms with Crippen LogP contribution in [0, 0.1) is 0 Å². The van der Waals surface area contributed by atoms with E-state index in [-0.39, 0.29) is 0 Å². The molecule has 2 heteroatoms. The molecule has 100 valence electrons. The fraction of sp³-hybridized carbons (Fsp3) is 0.625. The molecule has 0 spiro atoms. The lowest BCUT2D eigenvalue weighted by Gasteiger charge is -2.31. The molecule has 0 heterocycles. The lowest BCUT2D eigenvalue weighted by Crippen LogP contribution is -2.28. The van der Waals surface area contributed by atoms with Gasteiger partial charge in [0.05, 0.1) is 7.11 Å². The van der Waals surface area contributed by atoms with Gasteiger partial charge in [0.25, 0.3) is 0 Å². The van der Waals surface area contributed by atoms with E-state index in [2.05, 4.69) is 43.3 Å². The van der Waals surface area contributed by atoms with E-state index in [4.69, 9.17) is 4.74 Å². The first-order chi connectivity index (χ1) is 8.66. The molecule has 1 saturated carbocycles. The van der Waals surface area contributed by atoms with Gasteiger partial charge in [0.1, 0.15) is 5.75 Å². The summed E-state index contributed by atoms with van der Waals surface area (Å²) in [5, 5.41) is 0. The van der Waals surface area contributed by atoms with Crippen molar-refractivity contribution >= 4 is 0 Å². The minimum absolute atomic E-state index is 0.413. The highest BCUT2D eigenvalue weighted by Crippen LogP contribution is 2.44. The van der Waals surface area contributed by atoms with Crippen molar-refractivity contribution in [3.05, 3.63) is 29.8 Å². The van der Waals surface area contributed by atoms with Crippen molar-refractivity contribution in [1.29, 1.82) is 0 Å². The summed E-state index contributed by atoms with van der Waals surface area (Å²) in [6.07, 6.45) is 6.70. The molecule has 0 bridgehead atoms. The Hall–Kier alpha value is -1.02. The van der Waals surface area contributed by atoms with Crippen molar-refractivity contribution in [2.45, 2.75) is 37.5 Å². The molecule has 0 amide bonds. The normalized spacial score (nSPS) is 18.2. The number of benzene rings is 1. The van der Waals surface area contributed by atoms with Crippen LogP contribution in [0.5, 0.6) is 5.75 Å². The van der Waals surface area contributed by atoms with Crippen molar-refractivity contribution < 1.29 is 4.74 Å². The zero-order chi connectivity index (χ0) is 13.0. The minimum Gasteiger partial charge on any atom is -0.497 e. The topological polar surface area (TPSA) is 12.5 Å². The number of methoxy groups -OCH3 is 1. The van der Waals surface area contributed by atoms with Crippen LogP contribution in [-0.4, -0.2) is 32.6 Å². The Morgan fingerprint density at radius 1 is 1.11 bits per heavy atom. The molecule has 1 aliphatic carbocycles. The van der Waals surface area contributed by atoms with Gasteiger partial charge in [-0.25, -0.2) is 0 Å². The van der Waals surface area contributed by atoms with Gasteiger partial charge in [-0.05, 0) is 63.0 Å². The number of rotatable bonds is 5. The third-order valence-corrected chi connectivity index (χ3v) is 4.30. The molecule has 0 atom stereocenters. The molecule has 0 N–H and O–H groups in total. The average Bonchev–Trinajstić information content (AvgIpc) is 2.86. The Labute approximate surface area is 111 Å². The number of ether oxygens (including phenoxy) is 1. The summed E-state index contributed by atoms with van der Waals surface area (Å²) in [6, 6.07) is 8.73. The predicted molar refractivity (Wildman–Crippen MR) is 76.3 cm³/mol. The van der Waals surface area contributed by atoms with E-state index in [9.17, 15) is 0 Å². The van der Waals surface area contributed by atoms with Crippen LogP contribution in [0.25, 0.3) is 0 Å². The number of hydrogen-bond acceptors (Lipinski definition) is 2. The van der Waals surface area contributed by atoms with Crippen molar-refractivity contribution in [2.24, 2.45) is 0 Å². The molecule has 1 fully saturated rings. The van der Waals surface area contributed by atoms with E-state index in [0.717, 1.165) is 5.75 Å². The molecule has 0 unspecified atom stereocenters. The first-order valence-corrected chi connectivity index (χ1v) is 6.96. The fourth-order valence-corrected chi connectivity index (χ4v) is 3.12. The lowest BCUT2D eigenvalue weighted by atomic mass is 9.76. The van der Waals surface area contributed by atoms with Crippen molar-refractivity contribution in [1.82, 2.24) is 4.90 Å². The molecule has 1 aromatic rings. The number of nitrogens with zero attached hydrogens (tertiary/aromatic N) is 1. The van der Waals surface area contributed by atoms with Gasteiger partial charge in [-0.1, -0.05) is 25.0 Å². The summed E-state index contributed by atoms with van der Waals surface area (Å²) < 4.78 is 5.25. The fourth-order valence-electron chi connectivity index (χ4n) is 3.12. The summed E-state index contributed by atoms with van der Waals surface area (Å²) in [7, 11) is 6.06. The highest BCUT2D eigenvalue weighted by Gasteiger charge is 2.35. The first-order valence-electron chi connectivity index (χ1n) is 6.96. The van der Waals surface area contributed by atoms with Crippen LogP contribution >= 0.6 is 0 Å². The van der Waals surface area contributed by atoms with Crippen LogP contribution in [0.3, 0.4) is 0 Å². The van der Waals surface area contributed by atoms with Crippen molar-refractivity contribution in [3.63, 3.8) is 0 Å². The zero-order valence-corrected chi connectivity index (χ0v) is 11.9. The van der Waals surface area contributed by atoms with Gasteiger partial charge < -0.3 is 9.64 Å². The van der Waals surface area contributed by atoms with E-state index >= 15 is 0 Å². The van der Waals surface area contributed by atoms with Crippen LogP contribution in [0.4, 0.5) is 0 Å². The van der Waals surface area contributed by atoms with Gasteiger partial charge >= 0.3 is 0 Å². The summed E-state index contributed by atoms with van der Waals surface area (Å²) in [6.45, 7) is 1.17. The molecule has 0 aromatic heterocycles.